The average Bonchev–Trinajstić information content (AvgIpc) is 2.34. The van der Waals surface area contributed by atoms with Gasteiger partial charge >= 0.3 is 0 Å². The Morgan fingerprint density at radius 3 is 2.55 bits per heavy atom. The molecule has 20 heavy (non-hydrogen) atoms. The Labute approximate surface area is 117 Å². The number of nitro benzene ring substituents is 1. The van der Waals surface area contributed by atoms with E-state index in [0.29, 0.717) is 6.42 Å². The molecule has 0 aliphatic carbocycles. The van der Waals surface area contributed by atoms with Crippen LogP contribution in [0.4, 0.5) is 11.4 Å². The first-order chi connectivity index (χ1) is 9.24. The van der Waals surface area contributed by atoms with Crippen LogP contribution < -0.4 is 10.5 Å². The molecule has 0 aliphatic heterocycles. The average molecular weight is 302 g/mol. The highest BCUT2D eigenvalue weighted by Crippen LogP contribution is 2.24. The maximum Gasteiger partial charge on any atom is 0.292 e. The van der Waals surface area contributed by atoms with Crippen LogP contribution in [-0.2, 0) is 10.0 Å². The summed E-state index contributed by atoms with van der Waals surface area (Å²) in [5, 5.41) is 10.6. The molecule has 9 heteroatoms. The van der Waals surface area contributed by atoms with E-state index in [9.17, 15) is 18.5 Å². The van der Waals surface area contributed by atoms with Crippen LogP contribution in [0.3, 0.4) is 0 Å². The van der Waals surface area contributed by atoms with E-state index in [2.05, 4.69) is 4.72 Å². The summed E-state index contributed by atoms with van der Waals surface area (Å²) in [6.07, 6.45) is 0.661. The van der Waals surface area contributed by atoms with Crippen molar-refractivity contribution in [3.63, 3.8) is 0 Å². The molecule has 8 nitrogen and oxygen atoms in total. The molecule has 0 amide bonds. The maximum atomic E-state index is 12.0. The standard InChI is InChI=1S/C11H18N4O4S/c1-14(2)7-3-6-13-20(18,19)9-4-5-11(15(16)17)10(12)8-9/h4-5,8,13H,3,6-7,12H2,1-2H3. The summed E-state index contributed by atoms with van der Waals surface area (Å²) in [7, 11) is 0.0944. The van der Waals surface area contributed by atoms with Gasteiger partial charge in [0, 0.05) is 12.6 Å². The van der Waals surface area contributed by atoms with Crippen LogP contribution in [0.2, 0.25) is 0 Å². The van der Waals surface area contributed by atoms with E-state index in [-0.39, 0.29) is 22.8 Å². The first-order valence-electron chi connectivity index (χ1n) is 5.92. The van der Waals surface area contributed by atoms with Crippen molar-refractivity contribution in [3.05, 3.63) is 28.3 Å². The molecule has 0 saturated carbocycles. The van der Waals surface area contributed by atoms with Gasteiger partial charge in [-0.3, -0.25) is 10.1 Å². The van der Waals surface area contributed by atoms with Crippen molar-refractivity contribution in [1.82, 2.24) is 9.62 Å². The van der Waals surface area contributed by atoms with E-state index < -0.39 is 14.9 Å². The van der Waals surface area contributed by atoms with E-state index >= 15 is 0 Å². The van der Waals surface area contributed by atoms with Gasteiger partial charge in [0.15, 0.2) is 0 Å². The molecule has 0 spiro atoms. The first-order valence-corrected chi connectivity index (χ1v) is 7.40. The molecule has 0 radical (unpaired) electrons. The second-order valence-corrected chi connectivity index (χ2v) is 6.30. The third-order valence-electron chi connectivity index (χ3n) is 2.58. The number of benzene rings is 1. The van der Waals surface area contributed by atoms with Crippen molar-refractivity contribution in [1.29, 1.82) is 0 Å². The second-order valence-electron chi connectivity index (χ2n) is 4.53. The van der Waals surface area contributed by atoms with Crippen LogP contribution in [0.15, 0.2) is 23.1 Å². The number of nitro groups is 1. The predicted octanol–water partition coefficient (Wildman–Crippen LogP) is 0.407. The minimum Gasteiger partial charge on any atom is -0.393 e. The fourth-order valence-electron chi connectivity index (χ4n) is 1.55. The normalized spacial score (nSPS) is 11.8. The molecule has 0 fully saturated rings. The molecule has 112 valence electrons. The zero-order valence-electron chi connectivity index (χ0n) is 11.4. The summed E-state index contributed by atoms with van der Waals surface area (Å²) in [4.78, 5) is 11.8. The Kier molecular flexibility index (Phi) is 5.43. The van der Waals surface area contributed by atoms with Gasteiger partial charge in [0.25, 0.3) is 5.69 Å². The van der Waals surface area contributed by atoms with E-state index in [0.717, 1.165) is 18.7 Å². The van der Waals surface area contributed by atoms with Gasteiger partial charge < -0.3 is 10.6 Å². The quantitative estimate of drug-likeness (QED) is 0.326. The molecule has 0 unspecified atom stereocenters. The Morgan fingerprint density at radius 1 is 1.40 bits per heavy atom. The predicted molar refractivity (Wildman–Crippen MR) is 75.9 cm³/mol. The monoisotopic (exact) mass is 302 g/mol. The number of nitrogen functional groups attached to an aromatic ring is 1. The number of hydrogen-bond acceptors (Lipinski definition) is 6. The summed E-state index contributed by atoms with van der Waals surface area (Å²) in [6, 6.07) is 3.35. The molecule has 1 rings (SSSR count). The molecule has 1 aromatic rings. The lowest BCUT2D eigenvalue weighted by atomic mass is 10.3. The Morgan fingerprint density at radius 2 is 2.05 bits per heavy atom. The smallest absolute Gasteiger partial charge is 0.292 e. The fraction of sp³-hybridized carbons (Fsp3) is 0.455. The number of nitrogens with two attached hydrogens (primary N) is 1. The topological polar surface area (TPSA) is 119 Å². The zero-order valence-corrected chi connectivity index (χ0v) is 12.2. The summed E-state index contributed by atoms with van der Waals surface area (Å²) < 4.78 is 26.3. The molecule has 0 atom stereocenters. The van der Waals surface area contributed by atoms with E-state index in [1.165, 1.54) is 6.07 Å². The third-order valence-corrected chi connectivity index (χ3v) is 4.04. The van der Waals surface area contributed by atoms with Gasteiger partial charge in [0.2, 0.25) is 10.0 Å². The van der Waals surface area contributed by atoms with Crippen LogP contribution >= 0.6 is 0 Å². The summed E-state index contributed by atoms with van der Waals surface area (Å²) in [5.74, 6) is 0. The Balaban J connectivity index is 2.78. The highest BCUT2D eigenvalue weighted by atomic mass is 32.2. The lowest BCUT2D eigenvalue weighted by Crippen LogP contribution is -2.27. The number of hydrogen-bond donors (Lipinski definition) is 2. The lowest BCUT2D eigenvalue weighted by molar-refractivity contribution is -0.383. The van der Waals surface area contributed by atoms with E-state index in [1.54, 1.807) is 0 Å². The molecule has 1 aromatic carbocycles. The number of rotatable bonds is 7. The fourth-order valence-corrected chi connectivity index (χ4v) is 2.66. The molecule has 0 aromatic heterocycles. The maximum absolute atomic E-state index is 12.0. The highest BCUT2D eigenvalue weighted by molar-refractivity contribution is 7.89. The van der Waals surface area contributed by atoms with Crippen molar-refractivity contribution in [2.24, 2.45) is 0 Å². The second kappa shape index (κ2) is 6.64. The molecule has 3 N–H and O–H groups in total. The SMILES string of the molecule is CN(C)CCCNS(=O)(=O)c1ccc([N+](=O)[O-])c(N)c1. The van der Waals surface area contributed by atoms with Gasteiger partial charge in [0.1, 0.15) is 5.69 Å². The van der Waals surface area contributed by atoms with Gasteiger partial charge in [-0.05, 0) is 39.2 Å². The lowest BCUT2D eigenvalue weighted by Gasteiger charge is -2.10. The molecule has 0 aliphatic rings. The number of nitrogens with zero attached hydrogens (tertiary/aromatic N) is 2. The van der Waals surface area contributed by atoms with Crippen molar-refractivity contribution in [2.75, 3.05) is 32.9 Å². The summed E-state index contributed by atoms with van der Waals surface area (Å²) in [5.41, 5.74) is 4.99. The number of anilines is 1. The number of sulfonamides is 1. The first kappa shape index (κ1) is 16.3. The van der Waals surface area contributed by atoms with Gasteiger partial charge in [-0.25, -0.2) is 13.1 Å². The largest absolute Gasteiger partial charge is 0.393 e. The molecule has 0 heterocycles. The molecule has 0 bridgehead atoms. The summed E-state index contributed by atoms with van der Waals surface area (Å²) in [6.45, 7) is 1.04. The van der Waals surface area contributed by atoms with Crippen molar-refractivity contribution in [2.45, 2.75) is 11.3 Å². The Hall–Kier alpha value is -1.71. The van der Waals surface area contributed by atoms with Crippen molar-refractivity contribution >= 4 is 21.4 Å². The van der Waals surface area contributed by atoms with Gasteiger partial charge in [0.05, 0.1) is 9.82 Å². The highest BCUT2D eigenvalue weighted by Gasteiger charge is 2.18. The van der Waals surface area contributed by atoms with Crippen molar-refractivity contribution in [3.8, 4) is 0 Å². The molecular weight excluding hydrogens is 284 g/mol. The van der Waals surface area contributed by atoms with Crippen LogP contribution in [0.5, 0.6) is 0 Å². The van der Waals surface area contributed by atoms with Crippen molar-refractivity contribution < 1.29 is 13.3 Å². The minimum atomic E-state index is -3.69. The Bertz CT molecular complexity index is 586. The number of nitrogens with one attached hydrogen (secondary N) is 1. The molecular formula is C11H18N4O4S. The van der Waals surface area contributed by atoms with Crippen LogP contribution in [0, 0.1) is 10.1 Å². The van der Waals surface area contributed by atoms with E-state index in [4.69, 9.17) is 5.73 Å². The molecule has 0 saturated heterocycles. The van der Waals surface area contributed by atoms with Crippen LogP contribution in [0.1, 0.15) is 6.42 Å². The minimum absolute atomic E-state index is 0.0783. The van der Waals surface area contributed by atoms with E-state index in [1.807, 2.05) is 19.0 Å². The van der Waals surface area contributed by atoms with Gasteiger partial charge in [-0.15, -0.1) is 0 Å². The zero-order chi connectivity index (χ0) is 15.3. The third kappa shape index (κ3) is 4.44. The summed E-state index contributed by atoms with van der Waals surface area (Å²) >= 11 is 0. The van der Waals surface area contributed by atoms with Crippen LogP contribution in [-0.4, -0.2) is 45.4 Å². The van der Waals surface area contributed by atoms with Crippen LogP contribution in [0.25, 0.3) is 0 Å². The van der Waals surface area contributed by atoms with Gasteiger partial charge in [-0.2, -0.15) is 0 Å². The van der Waals surface area contributed by atoms with Gasteiger partial charge in [-0.1, -0.05) is 0 Å².